The standard InChI is InChI=1S/C24H24BF5N2/c1-11-7-13(3)23(14(4)8-11)31-25(32-24-15(5)9-12(2)10-16(24)6)17-18(26)20(28)22(30)21(29)19(17)27/h7-10,31-32H,1-6H3. The normalized spacial score (nSPS) is 11.0. The van der Waals surface area contributed by atoms with Crippen LogP contribution in [0.4, 0.5) is 33.3 Å². The molecular weight excluding hydrogens is 422 g/mol. The third-order valence-corrected chi connectivity index (χ3v) is 5.46. The van der Waals surface area contributed by atoms with Crippen LogP contribution in [-0.2, 0) is 0 Å². The molecule has 0 aliphatic carbocycles. The number of hydrogen-bond donors (Lipinski definition) is 2. The molecule has 3 aromatic rings. The van der Waals surface area contributed by atoms with E-state index in [1.807, 2.05) is 38.1 Å². The lowest BCUT2D eigenvalue weighted by molar-refractivity contribution is 0.384. The van der Waals surface area contributed by atoms with Crippen LogP contribution in [0, 0.1) is 70.6 Å². The Morgan fingerprint density at radius 3 is 1.09 bits per heavy atom. The van der Waals surface area contributed by atoms with Gasteiger partial charge in [0.15, 0.2) is 29.1 Å². The van der Waals surface area contributed by atoms with Crippen LogP contribution in [0.25, 0.3) is 0 Å². The summed E-state index contributed by atoms with van der Waals surface area (Å²) in [5.41, 5.74) is 5.17. The van der Waals surface area contributed by atoms with E-state index in [1.54, 1.807) is 27.7 Å². The second-order valence-electron chi connectivity index (χ2n) is 8.25. The summed E-state index contributed by atoms with van der Waals surface area (Å²) in [6.07, 6.45) is 0. The molecule has 3 rings (SSSR count). The van der Waals surface area contributed by atoms with Crippen LogP contribution in [0.5, 0.6) is 0 Å². The van der Waals surface area contributed by atoms with Crippen molar-refractivity contribution in [2.75, 3.05) is 10.5 Å². The lowest BCUT2D eigenvalue weighted by atomic mass is 9.66. The molecule has 32 heavy (non-hydrogen) atoms. The largest absolute Gasteiger partial charge is 0.412 e. The lowest BCUT2D eigenvalue weighted by Gasteiger charge is -2.25. The Morgan fingerprint density at radius 2 is 0.781 bits per heavy atom. The maximum atomic E-state index is 14.8. The van der Waals surface area contributed by atoms with Crippen LogP contribution in [-0.4, -0.2) is 6.98 Å². The summed E-state index contributed by atoms with van der Waals surface area (Å²) in [5, 5.41) is 5.97. The maximum Gasteiger partial charge on any atom is 0.412 e. The molecule has 8 heteroatoms. The average Bonchev–Trinajstić information content (AvgIpc) is 2.69. The molecule has 0 unspecified atom stereocenters. The van der Waals surface area contributed by atoms with E-state index in [2.05, 4.69) is 10.5 Å². The summed E-state index contributed by atoms with van der Waals surface area (Å²) in [6, 6.07) is 7.47. The molecule has 0 atom stereocenters. The Bertz CT molecular complexity index is 1070. The van der Waals surface area contributed by atoms with E-state index < -0.39 is 41.5 Å². The van der Waals surface area contributed by atoms with Gasteiger partial charge in [0.2, 0.25) is 0 Å². The topological polar surface area (TPSA) is 24.1 Å². The molecule has 0 aliphatic rings. The number of rotatable bonds is 5. The molecule has 0 saturated heterocycles. The van der Waals surface area contributed by atoms with Crippen LogP contribution in [0.3, 0.4) is 0 Å². The smallest absolute Gasteiger partial charge is 0.405 e. The van der Waals surface area contributed by atoms with Crippen LogP contribution in [0.1, 0.15) is 33.4 Å². The third-order valence-electron chi connectivity index (χ3n) is 5.46. The highest BCUT2D eigenvalue weighted by atomic mass is 19.2. The van der Waals surface area contributed by atoms with Crippen molar-refractivity contribution in [2.45, 2.75) is 41.5 Å². The van der Waals surface area contributed by atoms with E-state index in [0.717, 1.165) is 33.4 Å². The van der Waals surface area contributed by atoms with Crippen molar-refractivity contribution >= 4 is 23.8 Å². The lowest BCUT2D eigenvalue weighted by Crippen LogP contribution is -2.51. The maximum absolute atomic E-state index is 14.8. The molecule has 2 N–H and O–H groups in total. The van der Waals surface area contributed by atoms with Crippen molar-refractivity contribution in [3.63, 3.8) is 0 Å². The minimum atomic E-state index is -2.19. The van der Waals surface area contributed by atoms with Gasteiger partial charge >= 0.3 is 6.98 Å². The highest BCUT2D eigenvalue weighted by molar-refractivity contribution is 6.79. The van der Waals surface area contributed by atoms with Gasteiger partial charge in [-0.25, -0.2) is 22.0 Å². The second-order valence-corrected chi connectivity index (χ2v) is 8.25. The molecule has 168 valence electrons. The molecule has 0 aromatic heterocycles. The first-order valence-corrected chi connectivity index (χ1v) is 10.1. The van der Waals surface area contributed by atoms with E-state index in [1.165, 1.54) is 0 Å². The van der Waals surface area contributed by atoms with Gasteiger partial charge in [0.05, 0.1) is 0 Å². The minimum Gasteiger partial charge on any atom is -0.405 e. The number of anilines is 2. The van der Waals surface area contributed by atoms with E-state index in [9.17, 15) is 22.0 Å². The Morgan fingerprint density at radius 1 is 0.500 bits per heavy atom. The highest BCUT2D eigenvalue weighted by Gasteiger charge is 2.35. The summed E-state index contributed by atoms with van der Waals surface area (Å²) in [6.45, 7) is 9.60. The number of aryl methyl sites for hydroxylation is 6. The van der Waals surface area contributed by atoms with E-state index in [-0.39, 0.29) is 0 Å². The first-order valence-electron chi connectivity index (χ1n) is 10.1. The SMILES string of the molecule is Cc1cc(C)c(NB(Nc2c(C)cc(C)cc2C)c2c(F)c(F)c(F)c(F)c2F)c(C)c1. The Hall–Kier alpha value is -3.03. The van der Waals surface area contributed by atoms with E-state index in [4.69, 9.17) is 0 Å². The van der Waals surface area contributed by atoms with Crippen LogP contribution < -0.4 is 15.9 Å². The zero-order chi connectivity index (χ0) is 23.9. The van der Waals surface area contributed by atoms with Crippen LogP contribution in [0.2, 0.25) is 0 Å². The zero-order valence-electron chi connectivity index (χ0n) is 18.8. The molecule has 0 bridgehead atoms. The molecule has 0 spiro atoms. The van der Waals surface area contributed by atoms with Gasteiger partial charge in [-0.05, 0) is 63.8 Å². The van der Waals surface area contributed by atoms with Gasteiger partial charge in [-0.3, -0.25) is 0 Å². The minimum absolute atomic E-state index is 0.541. The summed E-state index contributed by atoms with van der Waals surface area (Å²) < 4.78 is 71.4. The predicted molar refractivity (Wildman–Crippen MR) is 120 cm³/mol. The van der Waals surface area contributed by atoms with Gasteiger partial charge in [-0.1, -0.05) is 35.4 Å². The highest BCUT2D eigenvalue weighted by Crippen LogP contribution is 2.26. The molecule has 0 saturated carbocycles. The Labute approximate surface area is 185 Å². The second kappa shape index (κ2) is 8.84. The Kier molecular flexibility index (Phi) is 6.53. The van der Waals surface area contributed by atoms with Crippen molar-refractivity contribution in [1.82, 2.24) is 0 Å². The molecule has 0 radical (unpaired) electrons. The van der Waals surface area contributed by atoms with E-state index >= 15 is 0 Å². The first-order chi connectivity index (χ1) is 14.9. The van der Waals surface area contributed by atoms with Crippen molar-refractivity contribution in [3.8, 4) is 0 Å². The number of benzene rings is 3. The van der Waals surface area contributed by atoms with Gasteiger partial charge in [0, 0.05) is 16.8 Å². The number of halogens is 5. The van der Waals surface area contributed by atoms with Crippen molar-refractivity contribution in [1.29, 1.82) is 0 Å². The van der Waals surface area contributed by atoms with Crippen LogP contribution in [0.15, 0.2) is 24.3 Å². The van der Waals surface area contributed by atoms with E-state index in [0.29, 0.717) is 11.4 Å². The molecule has 0 heterocycles. The summed E-state index contributed by atoms with van der Waals surface area (Å²) >= 11 is 0. The average molecular weight is 446 g/mol. The fourth-order valence-corrected chi connectivity index (χ4v) is 4.16. The summed E-state index contributed by atoms with van der Waals surface area (Å²) in [4.78, 5) is 0. The van der Waals surface area contributed by atoms with Gasteiger partial charge in [-0.15, -0.1) is 0 Å². The first kappa shape index (κ1) is 23.6. The quantitative estimate of drug-likeness (QED) is 0.213. The monoisotopic (exact) mass is 446 g/mol. The van der Waals surface area contributed by atoms with Gasteiger partial charge in [0.1, 0.15) is 0 Å². The fourth-order valence-electron chi connectivity index (χ4n) is 4.16. The van der Waals surface area contributed by atoms with Gasteiger partial charge < -0.3 is 10.5 Å². The number of hydrogen-bond acceptors (Lipinski definition) is 2. The summed E-state index contributed by atoms with van der Waals surface area (Å²) in [7, 11) is 0. The molecule has 0 fully saturated rings. The Balaban J connectivity index is 2.22. The van der Waals surface area contributed by atoms with Crippen LogP contribution >= 0.6 is 0 Å². The van der Waals surface area contributed by atoms with Crippen molar-refractivity contribution in [3.05, 3.63) is 86.7 Å². The molecule has 0 amide bonds. The van der Waals surface area contributed by atoms with Gasteiger partial charge in [-0.2, -0.15) is 0 Å². The fraction of sp³-hybridized carbons (Fsp3) is 0.250. The van der Waals surface area contributed by atoms with Gasteiger partial charge in [0.25, 0.3) is 0 Å². The predicted octanol–water partition coefficient (Wildman–Crippen LogP) is 6.15. The van der Waals surface area contributed by atoms with Crippen molar-refractivity contribution in [2.24, 2.45) is 0 Å². The zero-order valence-corrected chi connectivity index (χ0v) is 18.8. The molecule has 0 aliphatic heterocycles. The molecular formula is C24H24BF5N2. The molecule has 3 aromatic carbocycles. The summed E-state index contributed by atoms with van der Waals surface area (Å²) in [5.74, 6) is -9.91. The molecule has 2 nitrogen and oxygen atoms in total. The van der Waals surface area contributed by atoms with Crippen molar-refractivity contribution < 1.29 is 22.0 Å². The number of nitrogens with one attached hydrogen (secondary N) is 2. The third kappa shape index (κ3) is 4.31.